The Balaban J connectivity index is 2.65. The van der Waals surface area contributed by atoms with E-state index in [2.05, 4.69) is 85.2 Å². The first-order valence-corrected chi connectivity index (χ1v) is 8.87. The van der Waals surface area contributed by atoms with Crippen molar-refractivity contribution >= 4 is 15.9 Å². The van der Waals surface area contributed by atoms with E-state index in [-0.39, 0.29) is 0 Å². The molecule has 0 saturated heterocycles. The van der Waals surface area contributed by atoms with Crippen LogP contribution in [0.3, 0.4) is 0 Å². The van der Waals surface area contributed by atoms with Gasteiger partial charge >= 0.3 is 0 Å². The second-order valence-corrected chi connectivity index (χ2v) is 7.55. The number of benzene rings is 1. The maximum atomic E-state index is 3.67. The van der Waals surface area contributed by atoms with Gasteiger partial charge in [0, 0.05) is 23.6 Å². The van der Waals surface area contributed by atoms with Crippen LogP contribution in [0.2, 0.25) is 0 Å². The lowest BCUT2D eigenvalue weighted by atomic mass is 10.0. The summed E-state index contributed by atoms with van der Waals surface area (Å²) in [6, 6.07) is 8.93. The zero-order valence-electron chi connectivity index (χ0n) is 14.2. The third kappa shape index (κ3) is 6.94. The van der Waals surface area contributed by atoms with Gasteiger partial charge in [-0.25, -0.2) is 0 Å². The van der Waals surface area contributed by atoms with Crippen molar-refractivity contribution in [1.82, 2.24) is 10.2 Å². The lowest BCUT2D eigenvalue weighted by molar-refractivity contribution is 0.209. The highest BCUT2D eigenvalue weighted by Crippen LogP contribution is 2.25. The van der Waals surface area contributed by atoms with Crippen molar-refractivity contribution in [3.63, 3.8) is 0 Å². The van der Waals surface area contributed by atoms with Crippen molar-refractivity contribution in [2.24, 2.45) is 11.8 Å². The van der Waals surface area contributed by atoms with Gasteiger partial charge in [-0.1, -0.05) is 61.8 Å². The van der Waals surface area contributed by atoms with E-state index in [1.165, 1.54) is 23.1 Å². The highest BCUT2D eigenvalue weighted by atomic mass is 79.9. The molecular weight excluding hydrogens is 324 g/mol. The summed E-state index contributed by atoms with van der Waals surface area (Å²) in [7, 11) is 2.05. The molecule has 1 aromatic carbocycles. The largest absolute Gasteiger partial charge is 0.313 e. The Labute approximate surface area is 139 Å². The minimum Gasteiger partial charge on any atom is -0.313 e. The number of nitrogens with one attached hydrogen (secondary N) is 1. The highest BCUT2D eigenvalue weighted by Gasteiger charge is 2.15. The molecule has 1 unspecified atom stereocenters. The lowest BCUT2D eigenvalue weighted by Gasteiger charge is -2.28. The molecule has 0 aliphatic heterocycles. The smallest absolute Gasteiger partial charge is 0.0340 e. The molecule has 0 fully saturated rings. The van der Waals surface area contributed by atoms with Crippen LogP contribution in [0.1, 0.15) is 45.7 Å². The van der Waals surface area contributed by atoms with Crippen molar-refractivity contribution in [2.75, 3.05) is 26.7 Å². The monoisotopic (exact) mass is 354 g/mol. The molecule has 0 bridgehead atoms. The van der Waals surface area contributed by atoms with Gasteiger partial charge in [-0.2, -0.15) is 0 Å². The van der Waals surface area contributed by atoms with Crippen molar-refractivity contribution in [3.05, 3.63) is 34.3 Å². The van der Waals surface area contributed by atoms with Crippen LogP contribution >= 0.6 is 15.9 Å². The fourth-order valence-electron chi connectivity index (χ4n) is 2.81. The van der Waals surface area contributed by atoms with E-state index in [0.29, 0.717) is 6.04 Å². The number of nitrogens with zero attached hydrogens (tertiary/aromatic N) is 1. The van der Waals surface area contributed by atoms with Gasteiger partial charge in [-0.15, -0.1) is 0 Å². The van der Waals surface area contributed by atoms with Crippen LogP contribution in [0.4, 0.5) is 0 Å². The summed E-state index contributed by atoms with van der Waals surface area (Å²) in [6.45, 7) is 12.7. The third-order valence-electron chi connectivity index (χ3n) is 3.61. The van der Waals surface area contributed by atoms with Crippen LogP contribution in [-0.2, 0) is 0 Å². The Kier molecular flexibility index (Phi) is 8.53. The molecule has 120 valence electrons. The summed E-state index contributed by atoms with van der Waals surface area (Å²) in [5.74, 6) is 1.44. The van der Waals surface area contributed by atoms with Crippen molar-refractivity contribution in [1.29, 1.82) is 0 Å². The zero-order valence-corrected chi connectivity index (χ0v) is 15.8. The van der Waals surface area contributed by atoms with Gasteiger partial charge < -0.3 is 10.2 Å². The average Bonchev–Trinajstić information content (AvgIpc) is 2.39. The van der Waals surface area contributed by atoms with E-state index in [1.54, 1.807) is 0 Å². The van der Waals surface area contributed by atoms with Gasteiger partial charge in [0.1, 0.15) is 0 Å². The van der Waals surface area contributed by atoms with Gasteiger partial charge in [-0.05, 0) is 43.5 Å². The van der Waals surface area contributed by atoms with Gasteiger partial charge in [0.25, 0.3) is 0 Å². The van der Waals surface area contributed by atoms with Crippen LogP contribution in [0.25, 0.3) is 0 Å². The maximum absolute atomic E-state index is 3.67. The van der Waals surface area contributed by atoms with Crippen LogP contribution < -0.4 is 5.32 Å². The predicted octanol–water partition coefficient (Wildman–Crippen LogP) is 4.71. The standard InChI is InChI=1S/C18H31BrN2/c1-14(2)12-21(13-15(3)4)11-10-18(20-5)16-8-6-7-9-17(16)19/h6-9,14-15,18,20H,10-13H2,1-5H3. The summed E-state index contributed by atoms with van der Waals surface area (Å²) in [5, 5.41) is 3.46. The molecule has 3 heteroatoms. The fraction of sp³-hybridized carbons (Fsp3) is 0.667. The number of hydrogen-bond donors (Lipinski definition) is 1. The predicted molar refractivity (Wildman–Crippen MR) is 96.7 cm³/mol. The van der Waals surface area contributed by atoms with Gasteiger partial charge in [0.05, 0.1) is 0 Å². The summed E-state index contributed by atoms with van der Waals surface area (Å²) in [4.78, 5) is 2.61. The number of rotatable bonds is 9. The van der Waals surface area contributed by atoms with Gasteiger partial charge in [-0.3, -0.25) is 0 Å². The Bertz CT molecular complexity index is 394. The van der Waals surface area contributed by atoms with Gasteiger partial charge in [0.15, 0.2) is 0 Å². The van der Waals surface area contributed by atoms with Crippen molar-refractivity contribution in [2.45, 2.75) is 40.2 Å². The summed E-state index contributed by atoms with van der Waals surface area (Å²) in [6.07, 6.45) is 1.14. The van der Waals surface area contributed by atoms with Crippen molar-refractivity contribution in [3.8, 4) is 0 Å². The van der Waals surface area contributed by atoms with Crippen molar-refractivity contribution < 1.29 is 0 Å². The summed E-state index contributed by atoms with van der Waals surface area (Å²) >= 11 is 3.67. The molecule has 1 rings (SSSR count). The van der Waals surface area contributed by atoms with Crippen LogP contribution in [0, 0.1) is 11.8 Å². The molecular formula is C18H31BrN2. The summed E-state index contributed by atoms with van der Waals surface area (Å²) in [5.41, 5.74) is 1.36. The molecule has 0 aliphatic carbocycles. The molecule has 1 N–H and O–H groups in total. The van der Waals surface area contributed by atoms with Crippen LogP contribution in [0.15, 0.2) is 28.7 Å². The average molecular weight is 355 g/mol. The van der Waals surface area contributed by atoms with E-state index in [1.807, 2.05) is 0 Å². The molecule has 0 radical (unpaired) electrons. The topological polar surface area (TPSA) is 15.3 Å². The molecule has 2 nitrogen and oxygen atoms in total. The molecule has 1 aromatic rings. The third-order valence-corrected chi connectivity index (χ3v) is 4.33. The normalized spacial score (nSPS) is 13.4. The first-order valence-electron chi connectivity index (χ1n) is 8.08. The molecule has 0 aromatic heterocycles. The molecule has 0 aliphatic rings. The van der Waals surface area contributed by atoms with E-state index in [0.717, 1.165) is 24.8 Å². The Morgan fingerprint density at radius 2 is 1.62 bits per heavy atom. The van der Waals surface area contributed by atoms with E-state index in [9.17, 15) is 0 Å². The fourth-order valence-corrected chi connectivity index (χ4v) is 3.38. The van der Waals surface area contributed by atoms with E-state index >= 15 is 0 Å². The zero-order chi connectivity index (χ0) is 15.8. The first-order chi connectivity index (χ1) is 9.93. The molecule has 0 saturated carbocycles. The molecule has 0 spiro atoms. The Morgan fingerprint density at radius 3 is 2.10 bits per heavy atom. The first kappa shape index (κ1) is 18.7. The maximum Gasteiger partial charge on any atom is 0.0340 e. The van der Waals surface area contributed by atoms with Gasteiger partial charge in [0.2, 0.25) is 0 Å². The second kappa shape index (κ2) is 9.60. The Hall–Kier alpha value is -0.380. The van der Waals surface area contributed by atoms with Crippen LogP contribution in [-0.4, -0.2) is 31.6 Å². The Morgan fingerprint density at radius 1 is 1.05 bits per heavy atom. The van der Waals surface area contributed by atoms with Crippen LogP contribution in [0.5, 0.6) is 0 Å². The second-order valence-electron chi connectivity index (χ2n) is 6.70. The van der Waals surface area contributed by atoms with E-state index in [4.69, 9.17) is 0 Å². The minimum atomic E-state index is 0.405. The quantitative estimate of drug-likeness (QED) is 0.690. The highest BCUT2D eigenvalue weighted by molar-refractivity contribution is 9.10. The molecule has 0 amide bonds. The van der Waals surface area contributed by atoms with E-state index < -0.39 is 0 Å². The minimum absolute atomic E-state index is 0.405. The summed E-state index contributed by atoms with van der Waals surface area (Å²) < 4.78 is 1.20. The molecule has 21 heavy (non-hydrogen) atoms. The molecule has 0 heterocycles. The number of hydrogen-bond acceptors (Lipinski definition) is 2. The lowest BCUT2D eigenvalue weighted by Crippen LogP contribution is -2.34. The SMILES string of the molecule is CNC(CCN(CC(C)C)CC(C)C)c1ccccc1Br. The number of halogens is 1. The molecule has 1 atom stereocenters.